The molecule has 2 amide bonds. The smallest absolute Gasteiger partial charge is 0.242 e. The largest absolute Gasteiger partial charge is 0.332 e. The van der Waals surface area contributed by atoms with Crippen LogP contribution in [0.4, 0.5) is 0 Å². The van der Waals surface area contributed by atoms with Crippen molar-refractivity contribution in [2.45, 2.75) is 78.9 Å². The van der Waals surface area contributed by atoms with Gasteiger partial charge in [0, 0.05) is 23.9 Å². The van der Waals surface area contributed by atoms with Crippen LogP contribution < -0.4 is 0 Å². The molecule has 0 saturated heterocycles. The third-order valence-corrected chi connectivity index (χ3v) is 6.37. The van der Waals surface area contributed by atoms with E-state index in [1.807, 2.05) is 49.1 Å². The zero-order valence-corrected chi connectivity index (χ0v) is 19.7. The van der Waals surface area contributed by atoms with Gasteiger partial charge < -0.3 is 9.80 Å². The highest BCUT2D eigenvalue weighted by atomic mass is 32.1. The first-order valence-corrected chi connectivity index (χ1v) is 11.9. The topological polar surface area (TPSA) is 40.6 Å². The maximum Gasteiger partial charge on any atom is 0.242 e. The van der Waals surface area contributed by atoms with Gasteiger partial charge >= 0.3 is 0 Å². The maximum absolute atomic E-state index is 13.3. The van der Waals surface area contributed by atoms with E-state index in [0.29, 0.717) is 19.5 Å². The minimum Gasteiger partial charge on any atom is -0.332 e. The second-order valence-corrected chi connectivity index (χ2v) is 9.19. The van der Waals surface area contributed by atoms with Gasteiger partial charge in [-0.15, -0.1) is 11.3 Å². The number of rotatable bonds is 12. The van der Waals surface area contributed by atoms with Crippen LogP contribution in [0, 0.1) is 6.92 Å². The van der Waals surface area contributed by atoms with Crippen LogP contribution >= 0.6 is 11.3 Å². The van der Waals surface area contributed by atoms with E-state index in [2.05, 4.69) is 25.3 Å². The highest BCUT2D eigenvalue weighted by Crippen LogP contribution is 2.20. The summed E-state index contributed by atoms with van der Waals surface area (Å²) in [6.45, 7) is 9.49. The van der Waals surface area contributed by atoms with Gasteiger partial charge in [0.15, 0.2) is 0 Å². The Hall–Kier alpha value is -2.14. The summed E-state index contributed by atoms with van der Waals surface area (Å²) in [5.74, 6) is 0.0867. The first-order chi connectivity index (χ1) is 14.4. The number of benzene rings is 1. The number of nitrogens with zero attached hydrogens (tertiary/aromatic N) is 2. The fourth-order valence-electron chi connectivity index (χ4n) is 3.43. The summed E-state index contributed by atoms with van der Waals surface area (Å²) in [5.41, 5.74) is 2.31. The van der Waals surface area contributed by atoms with Crippen molar-refractivity contribution in [1.82, 2.24) is 9.80 Å². The van der Waals surface area contributed by atoms with E-state index < -0.39 is 0 Å². The summed E-state index contributed by atoms with van der Waals surface area (Å²) in [4.78, 5) is 30.9. The molecule has 0 radical (unpaired) electrons. The van der Waals surface area contributed by atoms with E-state index >= 15 is 0 Å². The molecule has 5 heteroatoms. The van der Waals surface area contributed by atoms with Crippen molar-refractivity contribution in [2.75, 3.05) is 6.54 Å². The molecule has 1 aromatic carbocycles. The highest BCUT2D eigenvalue weighted by Gasteiger charge is 2.24. The van der Waals surface area contributed by atoms with Gasteiger partial charge in [-0.1, -0.05) is 56.5 Å². The first kappa shape index (κ1) is 24.1. The third kappa shape index (κ3) is 7.60. The lowest BCUT2D eigenvalue weighted by atomic mass is 10.1. The summed E-state index contributed by atoms with van der Waals surface area (Å²) < 4.78 is 0. The van der Waals surface area contributed by atoms with Crippen molar-refractivity contribution >= 4 is 23.2 Å². The molecular weight excluding hydrogens is 392 g/mol. The highest BCUT2D eigenvalue weighted by molar-refractivity contribution is 7.10. The molecule has 164 valence electrons. The van der Waals surface area contributed by atoms with Crippen molar-refractivity contribution in [1.29, 1.82) is 0 Å². The molecule has 0 bridgehead atoms. The molecule has 0 unspecified atom stereocenters. The SMILES string of the molecule is CCCCCCC(=O)N(CC(=O)N(Cc1ccccc1)Cc1sccc1C)C(C)C. The van der Waals surface area contributed by atoms with Crippen LogP contribution in [-0.4, -0.2) is 34.2 Å². The quantitative estimate of drug-likeness (QED) is 0.401. The standard InChI is InChI=1S/C25H36N2O2S/c1-5-6-7-11-14-24(28)27(20(2)3)19-25(29)26(17-22-12-9-8-10-13-22)18-23-21(4)15-16-30-23/h8-10,12-13,15-16,20H,5-7,11,14,17-19H2,1-4H3. The lowest BCUT2D eigenvalue weighted by Gasteiger charge is -2.30. The number of aryl methyl sites for hydroxylation is 1. The van der Waals surface area contributed by atoms with Crippen LogP contribution in [-0.2, 0) is 22.7 Å². The maximum atomic E-state index is 13.3. The zero-order valence-electron chi connectivity index (χ0n) is 18.9. The second kappa shape index (κ2) is 12.5. The van der Waals surface area contributed by atoms with Crippen LogP contribution in [0.5, 0.6) is 0 Å². The van der Waals surface area contributed by atoms with Gasteiger partial charge in [-0.2, -0.15) is 0 Å². The number of hydrogen-bond acceptors (Lipinski definition) is 3. The molecular formula is C25H36N2O2S. The van der Waals surface area contributed by atoms with Gasteiger partial charge in [-0.05, 0) is 49.8 Å². The lowest BCUT2D eigenvalue weighted by Crippen LogP contribution is -2.45. The average Bonchev–Trinajstić information content (AvgIpc) is 3.13. The Bertz CT molecular complexity index is 785. The van der Waals surface area contributed by atoms with Crippen molar-refractivity contribution in [3.05, 3.63) is 57.8 Å². The molecule has 0 N–H and O–H groups in total. The van der Waals surface area contributed by atoms with Gasteiger partial charge in [0.1, 0.15) is 0 Å². The van der Waals surface area contributed by atoms with Crippen LogP contribution in [0.3, 0.4) is 0 Å². The Kier molecular flexibility index (Phi) is 10.1. The summed E-state index contributed by atoms with van der Waals surface area (Å²) in [6, 6.07) is 12.2. The van der Waals surface area contributed by atoms with Gasteiger partial charge in [-0.25, -0.2) is 0 Å². The molecule has 0 fully saturated rings. The predicted octanol–water partition coefficient (Wildman–Crippen LogP) is 5.79. The molecule has 1 aromatic heterocycles. The zero-order chi connectivity index (χ0) is 21.9. The molecule has 4 nitrogen and oxygen atoms in total. The van der Waals surface area contributed by atoms with Crippen LogP contribution in [0.15, 0.2) is 41.8 Å². The molecule has 0 saturated carbocycles. The Morgan fingerprint density at radius 2 is 1.70 bits per heavy atom. The van der Waals surface area contributed by atoms with Crippen molar-refractivity contribution in [2.24, 2.45) is 0 Å². The average molecular weight is 429 g/mol. The van der Waals surface area contributed by atoms with Gasteiger partial charge in [0.2, 0.25) is 11.8 Å². The summed E-state index contributed by atoms with van der Waals surface area (Å²) in [6.07, 6.45) is 4.79. The van der Waals surface area contributed by atoms with Crippen LogP contribution in [0.1, 0.15) is 68.9 Å². The Morgan fingerprint density at radius 3 is 2.30 bits per heavy atom. The summed E-state index contributed by atoms with van der Waals surface area (Å²) in [5, 5.41) is 2.07. The first-order valence-electron chi connectivity index (χ1n) is 11.1. The molecule has 0 aliphatic carbocycles. The number of carbonyl (C=O) groups excluding carboxylic acids is 2. The monoisotopic (exact) mass is 428 g/mol. The molecule has 0 aliphatic heterocycles. The fourth-order valence-corrected chi connectivity index (χ4v) is 4.35. The normalized spacial score (nSPS) is 11.0. The van der Waals surface area contributed by atoms with E-state index in [1.54, 1.807) is 16.2 Å². The van der Waals surface area contributed by atoms with Crippen LogP contribution in [0.2, 0.25) is 0 Å². The fraction of sp³-hybridized carbons (Fsp3) is 0.520. The molecule has 0 spiro atoms. The van der Waals surface area contributed by atoms with E-state index in [-0.39, 0.29) is 24.4 Å². The number of carbonyl (C=O) groups is 2. The van der Waals surface area contributed by atoms with Crippen molar-refractivity contribution in [3.8, 4) is 0 Å². The molecule has 2 rings (SSSR count). The van der Waals surface area contributed by atoms with E-state index in [9.17, 15) is 9.59 Å². The second-order valence-electron chi connectivity index (χ2n) is 8.19. The molecule has 2 aromatic rings. The van der Waals surface area contributed by atoms with E-state index in [1.165, 1.54) is 10.4 Å². The van der Waals surface area contributed by atoms with Crippen LogP contribution in [0.25, 0.3) is 0 Å². The predicted molar refractivity (Wildman–Crippen MR) is 125 cm³/mol. The van der Waals surface area contributed by atoms with Gasteiger partial charge in [0.25, 0.3) is 0 Å². The van der Waals surface area contributed by atoms with E-state index in [4.69, 9.17) is 0 Å². The molecule has 30 heavy (non-hydrogen) atoms. The minimum absolute atomic E-state index is 0.00209. The third-order valence-electron chi connectivity index (χ3n) is 5.37. The lowest BCUT2D eigenvalue weighted by molar-refractivity contribution is -0.142. The van der Waals surface area contributed by atoms with Crippen molar-refractivity contribution in [3.63, 3.8) is 0 Å². The van der Waals surface area contributed by atoms with Gasteiger partial charge in [-0.3, -0.25) is 9.59 Å². The summed E-state index contributed by atoms with van der Waals surface area (Å²) >= 11 is 1.68. The number of unbranched alkanes of at least 4 members (excludes halogenated alkanes) is 3. The molecule has 0 aliphatic rings. The Balaban J connectivity index is 2.10. The molecule has 1 heterocycles. The number of hydrogen-bond donors (Lipinski definition) is 0. The minimum atomic E-state index is 0.00209. The van der Waals surface area contributed by atoms with Gasteiger partial charge in [0.05, 0.1) is 13.1 Å². The number of amides is 2. The Labute approximate surface area is 185 Å². The van der Waals surface area contributed by atoms with Crippen molar-refractivity contribution < 1.29 is 9.59 Å². The molecule has 0 atom stereocenters. The van der Waals surface area contributed by atoms with E-state index in [0.717, 1.165) is 31.2 Å². The summed E-state index contributed by atoms with van der Waals surface area (Å²) in [7, 11) is 0. The Morgan fingerprint density at radius 1 is 0.967 bits per heavy atom. The number of thiophene rings is 1.